The second-order valence-corrected chi connectivity index (χ2v) is 5.06. The third kappa shape index (κ3) is 2.61. The summed E-state index contributed by atoms with van der Waals surface area (Å²) in [7, 11) is 3.68. The van der Waals surface area contributed by atoms with Crippen molar-refractivity contribution in [2.75, 3.05) is 14.2 Å². The fourth-order valence-corrected chi connectivity index (χ4v) is 1.95. The maximum atomic E-state index is 5.22. The molecular formula is C14H20N2O. The Morgan fingerprint density at radius 1 is 1.29 bits per heavy atom. The van der Waals surface area contributed by atoms with Crippen molar-refractivity contribution in [3.05, 3.63) is 30.0 Å². The number of likely N-dealkylation sites (N-methyl/N-ethyl adjacent to an activating group) is 1. The lowest BCUT2D eigenvalue weighted by Gasteiger charge is -2.22. The van der Waals surface area contributed by atoms with Gasteiger partial charge < -0.3 is 15.0 Å². The minimum absolute atomic E-state index is 0.102. The topological polar surface area (TPSA) is 37.0 Å². The van der Waals surface area contributed by atoms with Crippen molar-refractivity contribution in [3.63, 3.8) is 0 Å². The molecule has 2 rings (SSSR count). The van der Waals surface area contributed by atoms with E-state index in [0.717, 1.165) is 17.7 Å². The molecule has 0 fully saturated rings. The predicted octanol–water partition coefficient (Wildman–Crippen LogP) is 2.72. The molecule has 0 aliphatic heterocycles. The Balaban J connectivity index is 2.31. The van der Waals surface area contributed by atoms with Crippen LogP contribution in [0.3, 0.4) is 0 Å². The van der Waals surface area contributed by atoms with Gasteiger partial charge in [0.25, 0.3) is 0 Å². The van der Waals surface area contributed by atoms with Crippen LogP contribution >= 0.6 is 0 Å². The van der Waals surface area contributed by atoms with Crippen molar-refractivity contribution in [3.8, 4) is 5.75 Å². The number of nitrogens with one attached hydrogen (secondary N) is 2. The normalized spacial score (nSPS) is 12.0. The Bertz CT molecular complexity index is 514. The smallest absolute Gasteiger partial charge is 0.120 e. The zero-order valence-corrected chi connectivity index (χ0v) is 10.9. The van der Waals surface area contributed by atoms with Crippen molar-refractivity contribution < 1.29 is 4.74 Å². The number of H-pyrrole nitrogens is 1. The molecule has 3 heteroatoms. The molecule has 0 atom stereocenters. The van der Waals surface area contributed by atoms with Gasteiger partial charge in [-0.25, -0.2) is 0 Å². The fourth-order valence-electron chi connectivity index (χ4n) is 1.95. The molecule has 0 aliphatic rings. The third-order valence-corrected chi connectivity index (χ3v) is 3.19. The lowest BCUT2D eigenvalue weighted by Crippen LogP contribution is -2.38. The van der Waals surface area contributed by atoms with Crippen LogP contribution in [-0.4, -0.2) is 24.7 Å². The predicted molar refractivity (Wildman–Crippen MR) is 71.7 cm³/mol. The zero-order valence-electron chi connectivity index (χ0n) is 10.9. The molecule has 0 radical (unpaired) electrons. The molecular weight excluding hydrogens is 212 g/mol. The number of benzene rings is 1. The van der Waals surface area contributed by atoms with Crippen LogP contribution in [0.15, 0.2) is 24.3 Å². The van der Waals surface area contributed by atoms with E-state index in [1.807, 2.05) is 19.2 Å². The minimum Gasteiger partial charge on any atom is -0.497 e. The summed E-state index contributed by atoms with van der Waals surface area (Å²) in [5.41, 5.74) is 2.48. The average Bonchev–Trinajstić information content (AvgIpc) is 2.68. The standard InChI is InChI=1S/C14H20N2O/c1-14(2,15-3)9-11-7-10-5-6-12(17-4)8-13(10)16-11/h5-8,15-16H,9H2,1-4H3. The molecule has 0 saturated carbocycles. The van der Waals surface area contributed by atoms with Gasteiger partial charge in [-0.05, 0) is 44.5 Å². The van der Waals surface area contributed by atoms with E-state index in [1.165, 1.54) is 11.1 Å². The lowest BCUT2D eigenvalue weighted by atomic mass is 9.99. The van der Waals surface area contributed by atoms with E-state index in [1.54, 1.807) is 7.11 Å². The van der Waals surface area contributed by atoms with Gasteiger partial charge in [0.1, 0.15) is 5.75 Å². The van der Waals surface area contributed by atoms with Crippen molar-refractivity contribution in [1.29, 1.82) is 0 Å². The number of ether oxygens (including phenoxy) is 1. The van der Waals surface area contributed by atoms with E-state index in [9.17, 15) is 0 Å². The number of hydrogen-bond donors (Lipinski definition) is 2. The number of aromatic nitrogens is 1. The Kier molecular flexibility index (Phi) is 3.11. The summed E-state index contributed by atoms with van der Waals surface area (Å²) in [6, 6.07) is 8.31. The Morgan fingerprint density at radius 2 is 2.06 bits per heavy atom. The molecule has 3 nitrogen and oxygen atoms in total. The van der Waals surface area contributed by atoms with E-state index in [2.05, 4.69) is 36.3 Å². The van der Waals surface area contributed by atoms with Crippen molar-refractivity contribution >= 4 is 10.9 Å². The molecule has 1 aromatic carbocycles. The van der Waals surface area contributed by atoms with E-state index >= 15 is 0 Å². The van der Waals surface area contributed by atoms with E-state index in [-0.39, 0.29) is 5.54 Å². The molecule has 0 amide bonds. The molecule has 92 valence electrons. The first kappa shape index (κ1) is 12.0. The fraction of sp³-hybridized carbons (Fsp3) is 0.429. The maximum Gasteiger partial charge on any atom is 0.120 e. The van der Waals surface area contributed by atoms with Crippen LogP contribution in [0.2, 0.25) is 0 Å². The quantitative estimate of drug-likeness (QED) is 0.850. The first-order valence-electron chi connectivity index (χ1n) is 5.88. The molecule has 2 N–H and O–H groups in total. The highest BCUT2D eigenvalue weighted by molar-refractivity contribution is 5.81. The van der Waals surface area contributed by atoms with Gasteiger partial charge in [0.2, 0.25) is 0 Å². The minimum atomic E-state index is 0.102. The molecule has 0 saturated heterocycles. The molecule has 2 aromatic rings. The highest BCUT2D eigenvalue weighted by atomic mass is 16.5. The first-order chi connectivity index (χ1) is 8.04. The van der Waals surface area contributed by atoms with Gasteiger partial charge in [-0.2, -0.15) is 0 Å². The Morgan fingerprint density at radius 3 is 2.71 bits per heavy atom. The van der Waals surface area contributed by atoms with Crippen LogP contribution in [-0.2, 0) is 6.42 Å². The van der Waals surface area contributed by atoms with Crippen LogP contribution in [0.25, 0.3) is 10.9 Å². The summed E-state index contributed by atoms with van der Waals surface area (Å²) < 4.78 is 5.22. The van der Waals surface area contributed by atoms with Crippen molar-refractivity contribution in [2.45, 2.75) is 25.8 Å². The Hall–Kier alpha value is -1.48. The number of rotatable bonds is 4. The number of methoxy groups -OCH3 is 1. The SMILES string of the molecule is CNC(C)(C)Cc1cc2ccc(OC)cc2[nH]1. The van der Waals surface area contributed by atoms with Gasteiger partial charge in [-0.1, -0.05) is 0 Å². The highest BCUT2D eigenvalue weighted by Crippen LogP contribution is 2.23. The van der Waals surface area contributed by atoms with Gasteiger partial charge in [0.05, 0.1) is 7.11 Å². The Labute approximate surface area is 102 Å². The maximum absolute atomic E-state index is 5.22. The van der Waals surface area contributed by atoms with Gasteiger partial charge in [0.15, 0.2) is 0 Å². The van der Waals surface area contributed by atoms with Crippen molar-refractivity contribution in [1.82, 2.24) is 10.3 Å². The molecule has 0 aliphatic carbocycles. The molecule has 17 heavy (non-hydrogen) atoms. The summed E-state index contributed by atoms with van der Waals surface area (Å²) >= 11 is 0. The summed E-state index contributed by atoms with van der Waals surface area (Å²) in [6.07, 6.45) is 0.973. The molecule has 0 unspecified atom stereocenters. The number of fused-ring (bicyclic) bond motifs is 1. The highest BCUT2D eigenvalue weighted by Gasteiger charge is 2.16. The van der Waals surface area contributed by atoms with Gasteiger partial charge in [0, 0.05) is 29.2 Å². The van der Waals surface area contributed by atoms with Gasteiger partial charge in [-0.15, -0.1) is 0 Å². The van der Waals surface area contributed by atoms with Gasteiger partial charge in [-0.3, -0.25) is 0 Å². The summed E-state index contributed by atoms with van der Waals surface area (Å²) in [6.45, 7) is 4.39. The van der Waals surface area contributed by atoms with E-state index in [4.69, 9.17) is 4.74 Å². The van der Waals surface area contributed by atoms with Crippen LogP contribution in [0.5, 0.6) is 5.75 Å². The van der Waals surface area contributed by atoms with Crippen molar-refractivity contribution in [2.24, 2.45) is 0 Å². The largest absolute Gasteiger partial charge is 0.497 e. The number of hydrogen-bond acceptors (Lipinski definition) is 2. The van der Waals surface area contributed by atoms with E-state index < -0.39 is 0 Å². The third-order valence-electron chi connectivity index (χ3n) is 3.19. The summed E-state index contributed by atoms with van der Waals surface area (Å²) in [4.78, 5) is 3.44. The van der Waals surface area contributed by atoms with Crippen LogP contribution < -0.4 is 10.1 Å². The first-order valence-corrected chi connectivity index (χ1v) is 5.88. The van der Waals surface area contributed by atoms with E-state index in [0.29, 0.717) is 0 Å². The van der Waals surface area contributed by atoms with Gasteiger partial charge >= 0.3 is 0 Å². The second-order valence-electron chi connectivity index (χ2n) is 5.06. The van der Waals surface area contributed by atoms with Crippen LogP contribution in [0.1, 0.15) is 19.5 Å². The van der Waals surface area contributed by atoms with Crippen LogP contribution in [0.4, 0.5) is 0 Å². The molecule has 1 heterocycles. The molecule has 0 bridgehead atoms. The zero-order chi connectivity index (χ0) is 12.5. The summed E-state index contributed by atoms with van der Waals surface area (Å²) in [5.74, 6) is 0.888. The molecule has 0 spiro atoms. The summed E-state index contributed by atoms with van der Waals surface area (Å²) in [5, 5.41) is 4.54. The monoisotopic (exact) mass is 232 g/mol. The second kappa shape index (κ2) is 4.41. The average molecular weight is 232 g/mol. The number of aromatic amines is 1. The molecule has 1 aromatic heterocycles. The lowest BCUT2D eigenvalue weighted by molar-refractivity contribution is 0.415. The van der Waals surface area contributed by atoms with Crippen LogP contribution in [0, 0.1) is 0 Å².